The summed E-state index contributed by atoms with van der Waals surface area (Å²) in [6, 6.07) is 14.1. The molecule has 0 amide bonds. The number of benzene rings is 2. The van der Waals surface area contributed by atoms with E-state index in [9.17, 15) is 24.5 Å². The van der Waals surface area contributed by atoms with Gasteiger partial charge < -0.3 is 9.64 Å². The molecule has 2 aromatic carbocycles. The number of ether oxygens (including phenoxy) is 1. The molecule has 1 fully saturated rings. The summed E-state index contributed by atoms with van der Waals surface area (Å²) in [4.78, 5) is 52.4. The number of carbonyl (C=O) groups is 1. The van der Waals surface area contributed by atoms with Crippen LogP contribution in [0.4, 0.5) is 11.5 Å². The number of ketones is 1. The molecule has 0 bridgehead atoms. The fourth-order valence-corrected chi connectivity index (χ4v) is 4.47. The average molecular weight is 572 g/mol. The lowest BCUT2D eigenvalue weighted by Crippen LogP contribution is -2.52. The quantitative estimate of drug-likeness (QED) is 0.229. The number of nitrogens with zero attached hydrogens (tertiary/aromatic N) is 5. The largest absolute Gasteiger partial charge is 0.481 e. The number of hydrogen-bond donors (Lipinski definition) is 0. The fraction of sp³-hybridized carbons (Fsp3) is 0.320. The molecule has 0 spiro atoms. The molecular weight excluding hydrogens is 546 g/mol. The third-order valence-electron chi connectivity index (χ3n) is 6.37. The molecule has 4 rings (SSSR count). The number of hydrogen-bond acceptors (Lipinski definition) is 8. The van der Waals surface area contributed by atoms with Gasteiger partial charge in [0, 0.05) is 75.1 Å². The van der Waals surface area contributed by atoms with Gasteiger partial charge in [0.1, 0.15) is 11.6 Å². The van der Waals surface area contributed by atoms with E-state index in [-0.39, 0.29) is 22.7 Å². The van der Waals surface area contributed by atoms with E-state index < -0.39 is 11.0 Å². The summed E-state index contributed by atoms with van der Waals surface area (Å²) < 4.78 is 9.41. The highest BCUT2D eigenvalue weighted by atomic mass is 79.9. The number of rotatable bonds is 8. The minimum Gasteiger partial charge on any atom is -0.481 e. The summed E-state index contributed by atoms with van der Waals surface area (Å²) in [5.74, 6) is 0.703. The van der Waals surface area contributed by atoms with Gasteiger partial charge in [0.15, 0.2) is 6.10 Å². The van der Waals surface area contributed by atoms with Crippen LogP contribution in [0.25, 0.3) is 0 Å². The van der Waals surface area contributed by atoms with Crippen LogP contribution in [0.3, 0.4) is 0 Å². The average Bonchev–Trinajstić information content (AvgIpc) is 2.90. The molecule has 2 heterocycles. The van der Waals surface area contributed by atoms with Crippen molar-refractivity contribution in [3.63, 3.8) is 0 Å². The molecule has 1 aliphatic heterocycles. The Hall–Kier alpha value is -3.77. The maximum atomic E-state index is 13.4. The molecule has 194 valence electrons. The number of carbonyl (C=O) groups excluding carboxylic acids is 1. The van der Waals surface area contributed by atoms with Crippen LogP contribution in [0.15, 0.2) is 68.7 Å². The summed E-state index contributed by atoms with van der Waals surface area (Å²) in [6.45, 7) is 2.57. The molecule has 11 nitrogen and oxygen atoms in total. The Morgan fingerprint density at radius 1 is 1.00 bits per heavy atom. The Kier molecular flexibility index (Phi) is 7.89. The van der Waals surface area contributed by atoms with E-state index in [0.29, 0.717) is 49.9 Å². The van der Waals surface area contributed by atoms with Crippen LogP contribution >= 0.6 is 15.9 Å². The first-order chi connectivity index (χ1) is 17.6. The van der Waals surface area contributed by atoms with Crippen molar-refractivity contribution in [3.8, 4) is 5.75 Å². The minimum atomic E-state index is -0.845. The van der Waals surface area contributed by atoms with Crippen molar-refractivity contribution >= 4 is 33.2 Å². The third kappa shape index (κ3) is 5.97. The highest BCUT2D eigenvalue weighted by Crippen LogP contribution is 2.21. The summed E-state index contributed by atoms with van der Waals surface area (Å²) >= 11 is 3.37. The zero-order valence-corrected chi connectivity index (χ0v) is 22.0. The van der Waals surface area contributed by atoms with Gasteiger partial charge in [0.05, 0.1) is 4.92 Å². The Morgan fingerprint density at radius 2 is 1.62 bits per heavy atom. The Labute approximate surface area is 220 Å². The van der Waals surface area contributed by atoms with Crippen LogP contribution in [-0.2, 0) is 14.1 Å². The van der Waals surface area contributed by atoms with Crippen molar-refractivity contribution in [3.05, 3.63) is 95.6 Å². The molecule has 0 radical (unpaired) electrons. The SMILES string of the molecule is Cn1c(N2CCN(CC(Oc3ccc([N+](=O)[O-])cc3)C(=O)c3ccc(Br)cc3)CC2)cc(=O)n(C)c1=O. The van der Waals surface area contributed by atoms with E-state index in [1.54, 1.807) is 31.3 Å². The molecule has 1 aromatic heterocycles. The molecule has 0 N–H and O–H groups in total. The number of piperazine rings is 1. The van der Waals surface area contributed by atoms with Crippen molar-refractivity contribution in [1.82, 2.24) is 14.0 Å². The lowest BCUT2D eigenvalue weighted by atomic mass is 10.1. The Bertz CT molecular complexity index is 1410. The van der Waals surface area contributed by atoms with Gasteiger partial charge in [0.25, 0.3) is 11.2 Å². The molecule has 12 heteroatoms. The van der Waals surface area contributed by atoms with Gasteiger partial charge in [0.2, 0.25) is 5.78 Å². The second kappa shape index (κ2) is 11.1. The standard InChI is InChI=1S/C25H26BrN5O6/c1-27-22(15-23(32)28(2)25(27)34)30-13-11-29(12-14-30)16-21(24(33)17-3-5-18(26)6-4-17)37-20-9-7-19(8-10-20)31(35)36/h3-10,15,21H,11-14,16H2,1-2H3. The molecule has 37 heavy (non-hydrogen) atoms. The molecular formula is C25H26BrN5O6. The highest BCUT2D eigenvalue weighted by Gasteiger charge is 2.28. The topological polar surface area (TPSA) is 120 Å². The van der Waals surface area contributed by atoms with E-state index >= 15 is 0 Å². The first-order valence-corrected chi connectivity index (χ1v) is 12.4. The van der Waals surface area contributed by atoms with Gasteiger partial charge in [-0.25, -0.2) is 4.79 Å². The lowest BCUT2D eigenvalue weighted by molar-refractivity contribution is -0.384. The Morgan fingerprint density at radius 3 is 2.22 bits per heavy atom. The Balaban J connectivity index is 1.50. The minimum absolute atomic E-state index is 0.0654. The number of aromatic nitrogens is 2. The first kappa shape index (κ1) is 26.3. The van der Waals surface area contributed by atoms with Crippen molar-refractivity contribution < 1.29 is 14.5 Å². The van der Waals surface area contributed by atoms with Gasteiger partial charge in [-0.05, 0) is 24.3 Å². The smallest absolute Gasteiger partial charge is 0.332 e. The molecule has 1 unspecified atom stereocenters. The predicted octanol–water partition coefficient (Wildman–Crippen LogP) is 2.21. The van der Waals surface area contributed by atoms with Crippen molar-refractivity contribution in [2.45, 2.75) is 6.10 Å². The van der Waals surface area contributed by atoms with Crippen molar-refractivity contribution in [2.75, 3.05) is 37.6 Å². The van der Waals surface area contributed by atoms with Crippen LogP contribution in [0.1, 0.15) is 10.4 Å². The van der Waals surface area contributed by atoms with Gasteiger partial charge in [-0.1, -0.05) is 28.1 Å². The lowest BCUT2D eigenvalue weighted by Gasteiger charge is -2.37. The summed E-state index contributed by atoms with van der Waals surface area (Å²) in [5.41, 5.74) is -0.327. The van der Waals surface area contributed by atoms with Crippen LogP contribution in [0, 0.1) is 10.1 Å². The van der Waals surface area contributed by atoms with Crippen molar-refractivity contribution in [1.29, 1.82) is 0 Å². The van der Waals surface area contributed by atoms with E-state index in [2.05, 4.69) is 20.8 Å². The molecule has 1 aliphatic rings. The van der Waals surface area contributed by atoms with Crippen LogP contribution in [-0.4, -0.2) is 63.6 Å². The van der Waals surface area contributed by atoms with Crippen LogP contribution in [0.5, 0.6) is 5.75 Å². The van der Waals surface area contributed by atoms with Gasteiger partial charge in [-0.3, -0.25) is 33.7 Å². The van der Waals surface area contributed by atoms with E-state index in [0.717, 1.165) is 9.04 Å². The fourth-order valence-electron chi connectivity index (χ4n) is 4.20. The number of nitro benzene ring substituents is 1. The summed E-state index contributed by atoms with van der Waals surface area (Å²) in [7, 11) is 3.08. The first-order valence-electron chi connectivity index (χ1n) is 11.6. The van der Waals surface area contributed by atoms with Gasteiger partial charge in [-0.2, -0.15) is 0 Å². The summed E-state index contributed by atoms with van der Waals surface area (Å²) in [5, 5.41) is 11.0. The predicted molar refractivity (Wildman–Crippen MR) is 142 cm³/mol. The number of nitro groups is 1. The summed E-state index contributed by atoms with van der Waals surface area (Å²) in [6.07, 6.45) is -0.845. The highest BCUT2D eigenvalue weighted by molar-refractivity contribution is 9.10. The monoisotopic (exact) mass is 571 g/mol. The van der Waals surface area contributed by atoms with Gasteiger partial charge in [-0.15, -0.1) is 0 Å². The zero-order valence-electron chi connectivity index (χ0n) is 20.4. The second-order valence-corrected chi connectivity index (χ2v) is 9.67. The van der Waals surface area contributed by atoms with E-state index in [1.807, 2.05) is 4.90 Å². The maximum Gasteiger partial charge on any atom is 0.332 e. The maximum absolute atomic E-state index is 13.4. The van der Waals surface area contributed by atoms with Crippen molar-refractivity contribution in [2.24, 2.45) is 14.1 Å². The molecule has 1 atom stereocenters. The number of non-ortho nitro benzene ring substituents is 1. The van der Waals surface area contributed by atoms with E-state index in [4.69, 9.17) is 4.74 Å². The number of halogens is 1. The van der Waals surface area contributed by atoms with Crippen LogP contribution < -0.4 is 20.9 Å². The molecule has 0 aliphatic carbocycles. The normalized spacial score (nSPS) is 14.8. The molecule has 1 saturated heterocycles. The number of anilines is 1. The molecule has 0 saturated carbocycles. The molecule has 3 aromatic rings. The number of Topliss-reactive ketones (excluding diaryl/α,β-unsaturated/α-hetero) is 1. The second-order valence-electron chi connectivity index (χ2n) is 8.76. The third-order valence-corrected chi connectivity index (χ3v) is 6.90. The van der Waals surface area contributed by atoms with E-state index in [1.165, 1.54) is 41.9 Å². The zero-order chi connectivity index (χ0) is 26.7. The van der Waals surface area contributed by atoms with Gasteiger partial charge >= 0.3 is 5.69 Å². The van der Waals surface area contributed by atoms with Crippen LogP contribution in [0.2, 0.25) is 0 Å².